The van der Waals surface area contributed by atoms with Crippen molar-refractivity contribution in [2.75, 3.05) is 5.73 Å². The van der Waals surface area contributed by atoms with Crippen LogP contribution < -0.4 is 5.73 Å². The third-order valence-corrected chi connectivity index (χ3v) is 2.74. The summed E-state index contributed by atoms with van der Waals surface area (Å²) in [6, 6.07) is 0. The van der Waals surface area contributed by atoms with Crippen LogP contribution in [0.2, 0.25) is 0 Å². The Bertz CT molecular complexity index is 397. The number of anilines is 1. The number of rotatable bonds is 1. The summed E-state index contributed by atoms with van der Waals surface area (Å²) in [6.45, 7) is 0. The maximum absolute atomic E-state index is 5.58. The summed E-state index contributed by atoms with van der Waals surface area (Å²) in [5.74, 6) is 0.533. The highest BCUT2D eigenvalue weighted by Crippen LogP contribution is 2.31. The molecule has 0 aliphatic heterocycles. The van der Waals surface area contributed by atoms with Gasteiger partial charge in [0.05, 0.1) is 16.2 Å². The number of halogens is 1. The van der Waals surface area contributed by atoms with Crippen molar-refractivity contribution in [1.29, 1.82) is 0 Å². The van der Waals surface area contributed by atoms with Gasteiger partial charge in [-0.05, 0) is 15.9 Å². The normalized spacial score (nSPS) is 10.4. The molecule has 0 atom stereocenters. The number of aromatic nitrogens is 2. The molecular weight excluding hydrogens is 242 g/mol. The van der Waals surface area contributed by atoms with E-state index in [0.717, 1.165) is 8.79 Å². The van der Waals surface area contributed by atoms with E-state index in [4.69, 9.17) is 10.3 Å². The molecule has 2 rings (SSSR count). The topological polar surface area (TPSA) is 64.9 Å². The monoisotopic (exact) mass is 245 g/mol. The van der Waals surface area contributed by atoms with Crippen LogP contribution in [0, 0.1) is 0 Å². The molecule has 0 aliphatic carbocycles. The maximum atomic E-state index is 5.58. The van der Waals surface area contributed by atoms with Crippen LogP contribution in [0.25, 0.3) is 10.8 Å². The lowest BCUT2D eigenvalue weighted by Gasteiger charge is -1.87. The smallest absolute Gasteiger partial charge is 0.218 e. The Morgan fingerprint density at radius 1 is 1.50 bits per heavy atom. The van der Waals surface area contributed by atoms with Crippen LogP contribution in [0.4, 0.5) is 5.69 Å². The summed E-state index contributed by atoms with van der Waals surface area (Å²) >= 11 is 4.75. The van der Waals surface area contributed by atoms with Crippen molar-refractivity contribution < 1.29 is 4.52 Å². The van der Waals surface area contributed by atoms with Crippen molar-refractivity contribution >= 4 is 33.0 Å². The average molecular weight is 246 g/mol. The van der Waals surface area contributed by atoms with Crippen molar-refractivity contribution in [1.82, 2.24) is 10.1 Å². The molecule has 0 radical (unpaired) electrons. The molecular formula is C6H4BrN3OS. The van der Waals surface area contributed by atoms with Gasteiger partial charge in [-0.3, -0.25) is 0 Å². The number of nitrogens with zero attached hydrogens (tertiary/aromatic N) is 2. The van der Waals surface area contributed by atoms with Gasteiger partial charge in [-0.2, -0.15) is 0 Å². The summed E-state index contributed by atoms with van der Waals surface area (Å²) in [7, 11) is 0. The fraction of sp³-hybridized carbons (Fsp3) is 0. The Balaban J connectivity index is 2.50. The zero-order valence-electron chi connectivity index (χ0n) is 5.82. The van der Waals surface area contributed by atoms with Crippen LogP contribution in [0.3, 0.4) is 0 Å². The zero-order chi connectivity index (χ0) is 8.55. The summed E-state index contributed by atoms with van der Waals surface area (Å²) in [6.07, 6.45) is 3.16. The van der Waals surface area contributed by atoms with E-state index in [1.54, 1.807) is 6.20 Å². The molecule has 0 aliphatic rings. The second kappa shape index (κ2) is 2.87. The third kappa shape index (κ3) is 1.23. The first-order valence-corrected chi connectivity index (χ1v) is 4.70. The van der Waals surface area contributed by atoms with Gasteiger partial charge in [0.15, 0.2) is 5.01 Å². The SMILES string of the molecule is Nc1cnoc1-c1ncc(Br)s1. The molecule has 2 N–H and O–H groups in total. The lowest BCUT2D eigenvalue weighted by molar-refractivity contribution is 0.432. The third-order valence-electron chi connectivity index (χ3n) is 1.27. The minimum absolute atomic E-state index is 0.511. The average Bonchev–Trinajstić information content (AvgIpc) is 2.58. The molecule has 0 saturated carbocycles. The Hall–Kier alpha value is -0.880. The quantitative estimate of drug-likeness (QED) is 0.837. The standard InChI is InChI=1S/C6H4BrN3OS/c7-4-2-9-6(12-4)5-3(8)1-10-11-5/h1-2H,8H2. The first-order valence-electron chi connectivity index (χ1n) is 3.09. The molecule has 2 aromatic rings. The summed E-state index contributed by atoms with van der Waals surface area (Å²) in [5.41, 5.74) is 6.09. The predicted octanol–water partition coefficient (Wildman–Crippen LogP) is 2.14. The van der Waals surface area contributed by atoms with Crippen molar-refractivity contribution in [3.8, 4) is 10.8 Å². The van der Waals surface area contributed by atoms with Gasteiger partial charge in [0, 0.05) is 0 Å². The number of nitrogens with two attached hydrogens (primary N) is 1. The van der Waals surface area contributed by atoms with E-state index in [2.05, 4.69) is 26.1 Å². The van der Waals surface area contributed by atoms with Crippen LogP contribution in [0.1, 0.15) is 0 Å². The molecule has 0 fully saturated rings. The lowest BCUT2D eigenvalue weighted by Crippen LogP contribution is -1.82. The summed E-state index contributed by atoms with van der Waals surface area (Å²) in [4.78, 5) is 4.08. The number of thiazole rings is 1. The van der Waals surface area contributed by atoms with Gasteiger partial charge in [-0.15, -0.1) is 11.3 Å². The van der Waals surface area contributed by atoms with E-state index in [1.807, 2.05) is 0 Å². The van der Waals surface area contributed by atoms with Gasteiger partial charge < -0.3 is 10.3 Å². The van der Waals surface area contributed by atoms with E-state index >= 15 is 0 Å². The summed E-state index contributed by atoms with van der Waals surface area (Å²) < 4.78 is 5.85. The fourth-order valence-electron chi connectivity index (χ4n) is 0.769. The van der Waals surface area contributed by atoms with E-state index in [1.165, 1.54) is 17.5 Å². The van der Waals surface area contributed by atoms with E-state index in [0.29, 0.717) is 11.4 Å². The van der Waals surface area contributed by atoms with Crippen LogP contribution in [0.5, 0.6) is 0 Å². The number of nitrogen functional groups attached to an aromatic ring is 1. The number of hydrogen-bond acceptors (Lipinski definition) is 5. The van der Waals surface area contributed by atoms with Crippen LogP contribution >= 0.6 is 27.3 Å². The molecule has 2 heterocycles. The Kier molecular flexibility index (Phi) is 1.86. The van der Waals surface area contributed by atoms with E-state index in [9.17, 15) is 0 Å². The molecule has 2 aromatic heterocycles. The first-order chi connectivity index (χ1) is 5.77. The van der Waals surface area contributed by atoms with E-state index < -0.39 is 0 Å². The Morgan fingerprint density at radius 2 is 2.33 bits per heavy atom. The zero-order valence-corrected chi connectivity index (χ0v) is 8.22. The van der Waals surface area contributed by atoms with Gasteiger partial charge in [-0.25, -0.2) is 4.98 Å². The minimum Gasteiger partial charge on any atom is -0.394 e. The van der Waals surface area contributed by atoms with Crippen molar-refractivity contribution in [2.45, 2.75) is 0 Å². The fourth-order valence-corrected chi connectivity index (χ4v) is 1.97. The van der Waals surface area contributed by atoms with Crippen LogP contribution in [-0.2, 0) is 0 Å². The molecule has 0 unspecified atom stereocenters. The van der Waals surface area contributed by atoms with Crippen LogP contribution in [-0.4, -0.2) is 10.1 Å². The van der Waals surface area contributed by atoms with Gasteiger partial charge >= 0.3 is 0 Å². The van der Waals surface area contributed by atoms with Crippen LogP contribution in [0.15, 0.2) is 20.7 Å². The highest BCUT2D eigenvalue weighted by atomic mass is 79.9. The van der Waals surface area contributed by atoms with Crippen molar-refractivity contribution in [3.05, 3.63) is 16.2 Å². The van der Waals surface area contributed by atoms with Gasteiger partial charge in [0.25, 0.3) is 0 Å². The maximum Gasteiger partial charge on any atom is 0.218 e. The molecule has 62 valence electrons. The second-order valence-corrected chi connectivity index (χ2v) is 4.49. The Labute approximate surface area is 80.5 Å². The molecule has 4 nitrogen and oxygen atoms in total. The highest BCUT2D eigenvalue weighted by Gasteiger charge is 2.11. The van der Waals surface area contributed by atoms with Crippen molar-refractivity contribution in [2.24, 2.45) is 0 Å². The lowest BCUT2D eigenvalue weighted by atomic mass is 10.4. The number of hydrogen-bond donors (Lipinski definition) is 1. The van der Waals surface area contributed by atoms with Gasteiger partial charge in [0.1, 0.15) is 5.69 Å². The van der Waals surface area contributed by atoms with Gasteiger partial charge in [-0.1, -0.05) is 5.16 Å². The molecule has 0 saturated heterocycles. The molecule has 0 amide bonds. The molecule has 0 spiro atoms. The van der Waals surface area contributed by atoms with Gasteiger partial charge in [0.2, 0.25) is 5.76 Å². The minimum atomic E-state index is 0.511. The van der Waals surface area contributed by atoms with E-state index in [-0.39, 0.29) is 0 Å². The first kappa shape index (κ1) is 7.75. The molecule has 12 heavy (non-hydrogen) atoms. The highest BCUT2D eigenvalue weighted by molar-refractivity contribution is 9.11. The summed E-state index contributed by atoms with van der Waals surface area (Å²) in [5, 5.41) is 4.29. The van der Waals surface area contributed by atoms with Crippen molar-refractivity contribution in [3.63, 3.8) is 0 Å². The molecule has 6 heteroatoms. The largest absolute Gasteiger partial charge is 0.394 e. The Morgan fingerprint density at radius 3 is 2.83 bits per heavy atom. The second-order valence-electron chi connectivity index (χ2n) is 2.08. The molecule has 0 aromatic carbocycles. The predicted molar refractivity (Wildman–Crippen MR) is 49.7 cm³/mol. The molecule has 0 bridgehead atoms.